The van der Waals surface area contributed by atoms with Crippen LogP contribution in [0, 0.1) is 6.92 Å². The van der Waals surface area contributed by atoms with Crippen LogP contribution in [0.4, 0.5) is 0 Å². The molecule has 1 aliphatic rings. The molecule has 0 saturated carbocycles. The van der Waals surface area contributed by atoms with Crippen molar-refractivity contribution in [1.82, 2.24) is 14.3 Å². The van der Waals surface area contributed by atoms with Gasteiger partial charge in [0.15, 0.2) is 5.76 Å². The molecule has 1 N–H and O–H groups in total. The summed E-state index contributed by atoms with van der Waals surface area (Å²) in [5.41, 5.74) is 2.28. The molecular formula is C25H27N3O5. The van der Waals surface area contributed by atoms with E-state index in [2.05, 4.69) is 4.98 Å². The first kappa shape index (κ1) is 22.5. The van der Waals surface area contributed by atoms with E-state index in [1.54, 1.807) is 23.6 Å². The van der Waals surface area contributed by atoms with Crippen LogP contribution in [0.15, 0.2) is 54.2 Å². The lowest BCUT2D eigenvalue weighted by molar-refractivity contribution is -0.140. The van der Waals surface area contributed by atoms with Crippen molar-refractivity contribution in [2.75, 3.05) is 26.9 Å². The quantitative estimate of drug-likeness (QED) is 0.321. The summed E-state index contributed by atoms with van der Waals surface area (Å²) in [6.45, 7) is 4.78. The van der Waals surface area contributed by atoms with Gasteiger partial charge in [0.2, 0.25) is 0 Å². The fourth-order valence-electron chi connectivity index (χ4n) is 4.17. The van der Waals surface area contributed by atoms with Crippen molar-refractivity contribution in [2.45, 2.75) is 26.3 Å². The number of hydrogen-bond acceptors (Lipinski definition) is 6. The summed E-state index contributed by atoms with van der Waals surface area (Å²) in [7, 11) is 1.53. The van der Waals surface area contributed by atoms with Crippen LogP contribution in [-0.2, 0) is 14.3 Å². The minimum absolute atomic E-state index is 0.0255. The van der Waals surface area contributed by atoms with E-state index in [0.717, 1.165) is 6.42 Å². The van der Waals surface area contributed by atoms with Gasteiger partial charge >= 0.3 is 0 Å². The summed E-state index contributed by atoms with van der Waals surface area (Å²) < 4.78 is 12.6. The summed E-state index contributed by atoms with van der Waals surface area (Å²) >= 11 is 0. The monoisotopic (exact) mass is 449 g/mol. The van der Waals surface area contributed by atoms with Gasteiger partial charge in [-0.1, -0.05) is 25.1 Å². The molecule has 33 heavy (non-hydrogen) atoms. The second-order valence-corrected chi connectivity index (χ2v) is 7.88. The smallest absolute Gasteiger partial charge is 0.295 e. The second kappa shape index (κ2) is 9.46. The first-order valence-electron chi connectivity index (χ1n) is 10.9. The van der Waals surface area contributed by atoms with Crippen LogP contribution in [0.2, 0.25) is 0 Å². The van der Waals surface area contributed by atoms with Crippen molar-refractivity contribution in [3.05, 3.63) is 71.2 Å². The Morgan fingerprint density at radius 3 is 2.73 bits per heavy atom. The van der Waals surface area contributed by atoms with Gasteiger partial charge in [0.25, 0.3) is 11.7 Å². The van der Waals surface area contributed by atoms with E-state index in [1.165, 1.54) is 12.0 Å². The topological polar surface area (TPSA) is 93.4 Å². The third-order valence-corrected chi connectivity index (χ3v) is 5.65. The summed E-state index contributed by atoms with van der Waals surface area (Å²) in [5.74, 6) is -1.03. The molecule has 1 amide bonds. The zero-order valence-electron chi connectivity index (χ0n) is 18.9. The van der Waals surface area contributed by atoms with Crippen molar-refractivity contribution >= 4 is 23.1 Å². The lowest BCUT2D eigenvalue weighted by Gasteiger charge is -2.25. The Morgan fingerprint density at radius 1 is 1.15 bits per heavy atom. The van der Waals surface area contributed by atoms with Gasteiger partial charge in [-0.15, -0.1) is 0 Å². The third-order valence-electron chi connectivity index (χ3n) is 5.65. The zero-order chi connectivity index (χ0) is 23.5. The number of carbonyl (C=O) groups excluding carboxylic acids is 2. The van der Waals surface area contributed by atoms with Gasteiger partial charge in [-0.05, 0) is 43.2 Å². The van der Waals surface area contributed by atoms with E-state index in [0.29, 0.717) is 35.0 Å². The summed E-state index contributed by atoms with van der Waals surface area (Å²) in [6, 6.07) is 12.0. The number of rotatable bonds is 8. The Balaban J connectivity index is 1.90. The molecule has 3 aromatic rings. The minimum Gasteiger partial charge on any atom is -0.505 e. The number of ether oxygens (including phenoxy) is 2. The number of likely N-dealkylation sites (tertiary alicyclic amines) is 1. The maximum Gasteiger partial charge on any atom is 0.295 e. The molecule has 4 rings (SSSR count). The highest BCUT2D eigenvalue weighted by Gasteiger charge is 2.46. The van der Waals surface area contributed by atoms with Crippen LogP contribution in [0.25, 0.3) is 11.4 Å². The fourth-order valence-corrected chi connectivity index (χ4v) is 4.17. The first-order valence-corrected chi connectivity index (χ1v) is 10.9. The normalized spacial score (nSPS) is 17.8. The van der Waals surface area contributed by atoms with E-state index in [4.69, 9.17) is 9.47 Å². The number of aliphatic hydroxyl groups excluding tert-OH is 1. The molecule has 1 saturated heterocycles. The molecule has 8 nitrogen and oxygen atoms in total. The van der Waals surface area contributed by atoms with Crippen LogP contribution in [0.5, 0.6) is 5.75 Å². The highest BCUT2D eigenvalue weighted by Crippen LogP contribution is 2.40. The van der Waals surface area contributed by atoms with Gasteiger partial charge in [0.05, 0.1) is 30.5 Å². The average molecular weight is 450 g/mol. The van der Waals surface area contributed by atoms with E-state index in [-0.39, 0.29) is 24.5 Å². The molecule has 8 heteroatoms. The predicted molar refractivity (Wildman–Crippen MR) is 123 cm³/mol. The second-order valence-electron chi connectivity index (χ2n) is 7.88. The zero-order valence-corrected chi connectivity index (χ0v) is 18.9. The van der Waals surface area contributed by atoms with Crippen LogP contribution >= 0.6 is 0 Å². The number of imidazole rings is 1. The summed E-state index contributed by atoms with van der Waals surface area (Å²) in [6.07, 6.45) is 2.61. The SMILES string of the molecule is CCCOc1cccc(C2C(=C(O)c3c(C)nc4ccccn34)C(=O)C(=O)N2CCOC)c1. The van der Waals surface area contributed by atoms with Gasteiger partial charge in [-0.3, -0.25) is 14.0 Å². The molecule has 0 spiro atoms. The highest BCUT2D eigenvalue weighted by molar-refractivity contribution is 6.46. The Bertz CT molecular complexity index is 1230. The van der Waals surface area contributed by atoms with E-state index < -0.39 is 17.7 Å². The van der Waals surface area contributed by atoms with Gasteiger partial charge in [-0.2, -0.15) is 0 Å². The van der Waals surface area contributed by atoms with Gasteiger partial charge in [-0.25, -0.2) is 4.98 Å². The molecule has 1 fully saturated rings. The van der Waals surface area contributed by atoms with Gasteiger partial charge in [0, 0.05) is 19.9 Å². The largest absolute Gasteiger partial charge is 0.505 e. The number of carbonyl (C=O) groups is 2. The summed E-state index contributed by atoms with van der Waals surface area (Å²) in [5, 5.41) is 11.4. The first-order chi connectivity index (χ1) is 16.0. The standard InChI is InChI=1S/C25H27N3O5/c1-4-13-33-18-9-7-8-17(15-18)22-20(24(30)25(31)28(22)12-14-32-3)23(29)21-16(2)26-19-10-5-6-11-27(19)21/h5-11,15,22,29H,4,12-14H2,1-3H3. The number of amides is 1. The molecule has 1 aliphatic heterocycles. The van der Waals surface area contributed by atoms with E-state index in [9.17, 15) is 14.7 Å². The fraction of sp³-hybridized carbons (Fsp3) is 0.320. The van der Waals surface area contributed by atoms with Crippen LogP contribution < -0.4 is 4.74 Å². The number of aliphatic hydroxyl groups is 1. The third kappa shape index (κ3) is 4.09. The van der Waals surface area contributed by atoms with Crippen molar-refractivity contribution in [2.24, 2.45) is 0 Å². The van der Waals surface area contributed by atoms with Gasteiger partial charge < -0.3 is 19.5 Å². The number of benzene rings is 1. The maximum atomic E-state index is 13.2. The van der Waals surface area contributed by atoms with Crippen LogP contribution in [0.1, 0.15) is 36.3 Å². The highest BCUT2D eigenvalue weighted by atomic mass is 16.5. The van der Waals surface area contributed by atoms with Crippen molar-refractivity contribution in [1.29, 1.82) is 0 Å². The Labute approximate surface area is 192 Å². The van der Waals surface area contributed by atoms with Crippen LogP contribution in [-0.4, -0.2) is 57.9 Å². The number of ketones is 1. The van der Waals surface area contributed by atoms with Crippen molar-refractivity contribution in [3.8, 4) is 5.75 Å². The Kier molecular flexibility index (Phi) is 6.46. The molecule has 172 valence electrons. The van der Waals surface area contributed by atoms with E-state index >= 15 is 0 Å². The molecule has 1 atom stereocenters. The Hall–Kier alpha value is -3.65. The number of aromatic nitrogens is 2. The number of nitrogens with zero attached hydrogens (tertiary/aromatic N) is 3. The van der Waals surface area contributed by atoms with Gasteiger partial charge in [0.1, 0.15) is 17.1 Å². The molecule has 0 aliphatic carbocycles. The lowest BCUT2D eigenvalue weighted by Crippen LogP contribution is -2.32. The van der Waals surface area contributed by atoms with Crippen molar-refractivity contribution in [3.63, 3.8) is 0 Å². The molecular weight excluding hydrogens is 422 g/mol. The predicted octanol–water partition coefficient (Wildman–Crippen LogP) is 3.50. The number of pyridine rings is 1. The molecule has 2 aromatic heterocycles. The summed E-state index contributed by atoms with van der Waals surface area (Å²) in [4.78, 5) is 32.1. The molecule has 1 unspecified atom stereocenters. The molecule has 1 aromatic carbocycles. The number of methoxy groups -OCH3 is 1. The van der Waals surface area contributed by atoms with Crippen molar-refractivity contribution < 1.29 is 24.2 Å². The lowest BCUT2D eigenvalue weighted by atomic mass is 9.96. The molecule has 0 bridgehead atoms. The van der Waals surface area contributed by atoms with E-state index in [1.807, 2.05) is 43.3 Å². The molecule has 0 radical (unpaired) electrons. The van der Waals surface area contributed by atoms with Crippen LogP contribution in [0.3, 0.4) is 0 Å². The minimum atomic E-state index is -0.779. The number of aryl methyl sites for hydroxylation is 1. The average Bonchev–Trinajstić information content (AvgIpc) is 3.29. The Morgan fingerprint density at radius 2 is 1.97 bits per heavy atom. The number of fused-ring (bicyclic) bond motifs is 1. The number of Topliss-reactive ketones (excluding diaryl/α,β-unsaturated/α-hetero) is 1. The maximum absolute atomic E-state index is 13.2. The number of hydrogen-bond donors (Lipinski definition) is 1. The molecule has 3 heterocycles.